The molecule has 1 aliphatic rings. The van der Waals surface area contributed by atoms with E-state index in [-0.39, 0.29) is 17.0 Å². The Kier molecular flexibility index (Phi) is 7.30. The number of nitrogens with zero attached hydrogens (tertiary/aromatic N) is 3. The van der Waals surface area contributed by atoms with Crippen molar-refractivity contribution in [3.05, 3.63) is 93.8 Å². The minimum atomic E-state index is -1.01. The number of benzene rings is 3. The number of hydrogen-bond acceptors (Lipinski definition) is 7. The number of carboxylic acids is 1. The highest BCUT2D eigenvalue weighted by Gasteiger charge is 2.19. The van der Waals surface area contributed by atoms with E-state index >= 15 is 0 Å². The van der Waals surface area contributed by atoms with Crippen LogP contribution in [0.3, 0.4) is 0 Å². The van der Waals surface area contributed by atoms with E-state index < -0.39 is 5.97 Å². The van der Waals surface area contributed by atoms with Gasteiger partial charge in [-0.15, -0.1) is 0 Å². The van der Waals surface area contributed by atoms with Gasteiger partial charge in [-0.05, 0) is 55.8 Å². The molecule has 1 saturated heterocycles. The molecule has 1 aliphatic heterocycles. The van der Waals surface area contributed by atoms with E-state index in [2.05, 4.69) is 10.2 Å². The van der Waals surface area contributed by atoms with Crippen molar-refractivity contribution in [1.82, 2.24) is 14.7 Å². The van der Waals surface area contributed by atoms with Crippen LogP contribution >= 0.6 is 0 Å². The highest BCUT2D eigenvalue weighted by molar-refractivity contribution is 5.94. The zero-order valence-electron chi connectivity index (χ0n) is 23.1. The first kappa shape index (κ1) is 26.7. The summed E-state index contributed by atoms with van der Waals surface area (Å²) in [6.45, 7) is 8.97. The van der Waals surface area contributed by atoms with Crippen molar-refractivity contribution in [3.8, 4) is 11.3 Å². The molecule has 1 fully saturated rings. The Morgan fingerprint density at radius 1 is 1.07 bits per heavy atom. The SMILES string of the molecule is Cc1cc([C@@H](C)Nc2ccccc2C(=O)O)c2oc(-c3ccc4nn(CCN5CCOCC5)cc4c3)cc(=O)c2c1. The molecule has 6 rings (SSSR count). The average molecular weight is 553 g/mol. The molecule has 210 valence electrons. The minimum absolute atomic E-state index is 0.134. The Morgan fingerprint density at radius 2 is 1.88 bits per heavy atom. The van der Waals surface area contributed by atoms with E-state index in [0.717, 1.165) is 67.0 Å². The van der Waals surface area contributed by atoms with Crippen LogP contribution < -0.4 is 10.7 Å². The number of aryl methyl sites for hydroxylation is 1. The summed E-state index contributed by atoms with van der Waals surface area (Å²) in [5.41, 5.74) is 4.37. The highest BCUT2D eigenvalue weighted by Crippen LogP contribution is 2.32. The molecule has 0 spiro atoms. The van der Waals surface area contributed by atoms with Crippen LogP contribution in [0.15, 0.2) is 76.1 Å². The summed E-state index contributed by atoms with van der Waals surface area (Å²) in [6.07, 6.45) is 2.03. The van der Waals surface area contributed by atoms with Crippen LogP contribution in [0.2, 0.25) is 0 Å². The number of hydrogen-bond donors (Lipinski definition) is 2. The van der Waals surface area contributed by atoms with E-state index in [4.69, 9.17) is 14.3 Å². The fraction of sp³-hybridized carbons (Fsp3) is 0.281. The third kappa shape index (κ3) is 5.59. The first-order valence-electron chi connectivity index (χ1n) is 13.8. The maximum absolute atomic E-state index is 13.3. The van der Waals surface area contributed by atoms with Gasteiger partial charge < -0.3 is 19.6 Å². The Balaban J connectivity index is 1.33. The molecule has 0 saturated carbocycles. The third-order valence-electron chi connectivity index (χ3n) is 7.58. The molecule has 1 atom stereocenters. The lowest BCUT2D eigenvalue weighted by Gasteiger charge is -2.26. The molecule has 3 aromatic carbocycles. The van der Waals surface area contributed by atoms with Crippen LogP contribution in [-0.2, 0) is 11.3 Å². The van der Waals surface area contributed by atoms with E-state index in [1.54, 1.807) is 24.3 Å². The zero-order chi connectivity index (χ0) is 28.5. The van der Waals surface area contributed by atoms with Crippen molar-refractivity contribution < 1.29 is 19.1 Å². The van der Waals surface area contributed by atoms with Gasteiger partial charge in [0.1, 0.15) is 11.3 Å². The normalized spacial score (nSPS) is 14.9. The maximum atomic E-state index is 13.3. The van der Waals surface area contributed by atoms with Gasteiger partial charge in [0.05, 0.1) is 42.3 Å². The second kappa shape index (κ2) is 11.2. The van der Waals surface area contributed by atoms with Crippen LogP contribution in [0.5, 0.6) is 0 Å². The molecule has 0 aliphatic carbocycles. The number of carbonyl (C=O) groups is 1. The number of fused-ring (bicyclic) bond motifs is 2. The second-order valence-electron chi connectivity index (χ2n) is 10.5. The monoisotopic (exact) mass is 552 g/mol. The first-order valence-corrected chi connectivity index (χ1v) is 13.8. The molecule has 2 aromatic heterocycles. The Labute approximate surface area is 237 Å². The predicted octanol–water partition coefficient (Wildman–Crippen LogP) is 5.32. The van der Waals surface area contributed by atoms with E-state index in [1.165, 1.54) is 6.07 Å². The van der Waals surface area contributed by atoms with Gasteiger partial charge in [0.25, 0.3) is 0 Å². The predicted molar refractivity (Wildman–Crippen MR) is 159 cm³/mol. The molecule has 0 radical (unpaired) electrons. The number of carboxylic acid groups (broad SMARTS) is 1. The number of anilines is 1. The fourth-order valence-corrected chi connectivity index (χ4v) is 5.42. The lowest BCUT2D eigenvalue weighted by Crippen LogP contribution is -2.38. The molecular weight excluding hydrogens is 520 g/mol. The van der Waals surface area contributed by atoms with Gasteiger partial charge in [-0.1, -0.05) is 18.2 Å². The molecule has 0 unspecified atom stereocenters. The van der Waals surface area contributed by atoms with Crippen LogP contribution in [0, 0.1) is 6.92 Å². The van der Waals surface area contributed by atoms with E-state index in [1.807, 2.05) is 55.1 Å². The van der Waals surface area contributed by atoms with Crippen molar-refractivity contribution in [2.24, 2.45) is 0 Å². The number of aromatic carboxylic acids is 1. The van der Waals surface area contributed by atoms with Gasteiger partial charge in [0.15, 0.2) is 5.43 Å². The standard InChI is InChI=1S/C32H32N4O5/c1-20-15-25(21(2)33-28-6-4-3-5-24(28)32(38)39)31-26(16-20)29(37)18-30(41-31)22-7-8-27-23(17-22)19-36(34-27)10-9-35-11-13-40-14-12-35/h3-8,15-19,21,33H,9-14H2,1-2H3,(H,38,39)/t21-/m1/s1. The maximum Gasteiger partial charge on any atom is 0.337 e. The molecular formula is C32H32N4O5. The van der Waals surface area contributed by atoms with Crippen molar-refractivity contribution in [2.75, 3.05) is 38.2 Å². The molecule has 0 amide bonds. The van der Waals surface area contributed by atoms with Gasteiger partial charge in [-0.2, -0.15) is 5.10 Å². The summed E-state index contributed by atoms with van der Waals surface area (Å²) in [5.74, 6) is -0.545. The van der Waals surface area contributed by atoms with Crippen molar-refractivity contribution in [1.29, 1.82) is 0 Å². The summed E-state index contributed by atoms with van der Waals surface area (Å²) in [7, 11) is 0. The van der Waals surface area contributed by atoms with Crippen molar-refractivity contribution in [3.63, 3.8) is 0 Å². The largest absolute Gasteiger partial charge is 0.478 e. The van der Waals surface area contributed by atoms with Crippen LogP contribution in [-0.4, -0.2) is 58.6 Å². The fourth-order valence-electron chi connectivity index (χ4n) is 5.42. The summed E-state index contributed by atoms with van der Waals surface area (Å²) in [5, 5.41) is 19.1. The number of morpholine rings is 1. The topological polar surface area (TPSA) is 110 Å². The number of nitrogens with one attached hydrogen (secondary N) is 1. The van der Waals surface area contributed by atoms with Gasteiger partial charge in [0, 0.05) is 54.1 Å². The van der Waals surface area contributed by atoms with Gasteiger partial charge >= 0.3 is 5.97 Å². The quantitative estimate of drug-likeness (QED) is 0.266. The molecule has 2 N–H and O–H groups in total. The van der Waals surface area contributed by atoms with Gasteiger partial charge in [-0.3, -0.25) is 14.4 Å². The molecule has 9 heteroatoms. The van der Waals surface area contributed by atoms with Crippen LogP contribution in [0.1, 0.15) is 34.5 Å². The van der Waals surface area contributed by atoms with Gasteiger partial charge in [0.2, 0.25) is 0 Å². The number of ether oxygens (including phenoxy) is 1. The Bertz CT molecular complexity index is 1800. The van der Waals surface area contributed by atoms with Crippen LogP contribution in [0.4, 0.5) is 5.69 Å². The molecule has 0 bridgehead atoms. The number of rotatable bonds is 8. The average Bonchev–Trinajstić information content (AvgIpc) is 3.39. The zero-order valence-corrected chi connectivity index (χ0v) is 23.1. The van der Waals surface area contributed by atoms with Crippen LogP contribution in [0.25, 0.3) is 33.2 Å². The molecule has 41 heavy (non-hydrogen) atoms. The lowest BCUT2D eigenvalue weighted by atomic mass is 10.00. The third-order valence-corrected chi connectivity index (χ3v) is 7.58. The van der Waals surface area contributed by atoms with E-state index in [0.29, 0.717) is 22.4 Å². The first-order chi connectivity index (χ1) is 19.9. The molecule has 5 aromatic rings. The Morgan fingerprint density at radius 3 is 2.68 bits per heavy atom. The Hall–Kier alpha value is -4.47. The summed E-state index contributed by atoms with van der Waals surface area (Å²) in [4.78, 5) is 27.4. The highest BCUT2D eigenvalue weighted by atomic mass is 16.5. The van der Waals surface area contributed by atoms with Crippen molar-refractivity contribution in [2.45, 2.75) is 26.4 Å². The minimum Gasteiger partial charge on any atom is -0.478 e. The molecule has 3 heterocycles. The van der Waals surface area contributed by atoms with E-state index in [9.17, 15) is 14.7 Å². The number of aromatic nitrogens is 2. The second-order valence-corrected chi connectivity index (χ2v) is 10.5. The lowest BCUT2D eigenvalue weighted by molar-refractivity contribution is 0.0360. The van der Waals surface area contributed by atoms with Gasteiger partial charge in [-0.25, -0.2) is 4.79 Å². The summed E-state index contributed by atoms with van der Waals surface area (Å²) < 4.78 is 13.8. The molecule has 9 nitrogen and oxygen atoms in total. The smallest absolute Gasteiger partial charge is 0.337 e. The summed E-state index contributed by atoms with van der Waals surface area (Å²) in [6, 6.07) is 17.6. The van der Waals surface area contributed by atoms with Crippen molar-refractivity contribution >= 4 is 33.5 Å². The summed E-state index contributed by atoms with van der Waals surface area (Å²) >= 11 is 0. The number of para-hydroxylation sites is 1.